The Morgan fingerprint density at radius 3 is 2.52 bits per heavy atom. The number of likely N-dealkylation sites (N-methyl/N-ethyl adjacent to an activating group) is 1. The fourth-order valence-corrected chi connectivity index (χ4v) is 2.12. The third kappa shape index (κ3) is 5.38. The van der Waals surface area contributed by atoms with Crippen LogP contribution in [0.1, 0.15) is 22.8 Å². The number of pyridine rings is 1. The number of hydrogen-bond acceptors (Lipinski definition) is 4. The molecule has 5 heteroatoms. The lowest BCUT2D eigenvalue weighted by atomic mass is 10.1. The number of benzene rings is 1. The van der Waals surface area contributed by atoms with Crippen molar-refractivity contribution in [2.24, 2.45) is 0 Å². The van der Waals surface area contributed by atoms with Gasteiger partial charge in [0.25, 0.3) is 5.91 Å². The molecule has 1 amide bonds. The summed E-state index contributed by atoms with van der Waals surface area (Å²) in [6.07, 6.45) is 4.31. The molecule has 1 aromatic heterocycles. The SMILES string of the molecule is CCc1ccc(Nc2cncc(C(=O)NCCN(C)C)c2)cc1. The molecule has 0 saturated heterocycles. The van der Waals surface area contributed by atoms with Gasteiger partial charge in [-0.1, -0.05) is 19.1 Å². The van der Waals surface area contributed by atoms with Gasteiger partial charge in [0.2, 0.25) is 0 Å². The molecule has 2 N–H and O–H groups in total. The lowest BCUT2D eigenvalue weighted by Gasteiger charge is -2.11. The van der Waals surface area contributed by atoms with Gasteiger partial charge in [-0.2, -0.15) is 0 Å². The Morgan fingerprint density at radius 1 is 1.13 bits per heavy atom. The van der Waals surface area contributed by atoms with Crippen LogP contribution in [0.5, 0.6) is 0 Å². The van der Waals surface area contributed by atoms with Gasteiger partial charge in [-0.15, -0.1) is 0 Å². The van der Waals surface area contributed by atoms with E-state index in [0.717, 1.165) is 24.3 Å². The topological polar surface area (TPSA) is 57.3 Å². The van der Waals surface area contributed by atoms with Gasteiger partial charge in [-0.25, -0.2) is 0 Å². The lowest BCUT2D eigenvalue weighted by Crippen LogP contribution is -2.31. The molecule has 2 rings (SSSR count). The zero-order chi connectivity index (χ0) is 16.7. The van der Waals surface area contributed by atoms with E-state index in [1.165, 1.54) is 5.56 Å². The molecule has 1 heterocycles. The highest BCUT2D eigenvalue weighted by Gasteiger charge is 2.07. The first-order valence-corrected chi connectivity index (χ1v) is 7.82. The molecular weight excluding hydrogens is 288 g/mol. The summed E-state index contributed by atoms with van der Waals surface area (Å²) in [5, 5.41) is 6.16. The molecular formula is C18H24N4O. The zero-order valence-electron chi connectivity index (χ0n) is 14.0. The predicted octanol–water partition coefficient (Wildman–Crippen LogP) is 2.68. The quantitative estimate of drug-likeness (QED) is 0.825. The van der Waals surface area contributed by atoms with Crippen LogP contribution in [-0.2, 0) is 6.42 Å². The van der Waals surface area contributed by atoms with Crippen molar-refractivity contribution in [3.05, 3.63) is 53.9 Å². The molecule has 5 nitrogen and oxygen atoms in total. The van der Waals surface area contributed by atoms with Gasteiger partial charge in [-0.3, -0.25) is 9.78 Å². The number of hydrogen-bond donors (Lipinski definition) is 2. The van der Waals surface area contributed by atoms with Gasteiger partial charge in [0.15, 0.2) is 0 Å². The Morgan fingerprint density at radius 2 is 1.87 bits per heavy atom. The summed E-state index contributed by atoms with van der Waals surface area (Å²) in [6, 6.07) is 10.1. The van der Waals surface area contributed by atoms with Crippen LogP contribution in [-0.4, -0.2) is 43.0 Å². The molecule has 2 aromatic rings. The standard InChI is InChI=1S/C18H24N4O/c1-4-14-5-7-16(8-6-14)21-17-11-15(12-19-13-17)18(23)20-9-10-22(2)3/h5-8,11-13,21H,4,9-10H2,1-3H3,(H,20,23). The van der Waals surface area contributed by atoms with Crippen LogP contribution in [0, 0.1) is 0 Å². The summed E-state index contributed by atoms with van der Waals surface area (Å²) in [7, 11) is 3.95. The largest absolute Gasteiger partial charge is 0.354 e. The molecule has 0 aliphatic rings. The first-order chi connectivity index (χ1) is 11.1. The first-order valence-electron chi connectivity index (χ1n) is 7.82. The van der Waals surface area contributed by atoms with Crippen LogP contribution in [0.25, 0.3) is 0 Å². The summed E-state index contributed by atoms with van der Waals surface area (Å²) in [6.45, 7) is 3.55. The van der Waals surface area contributed by atoms with Gasteiger partial charge < -0.3 is 15.5 Å². The van der Waals surface area contributed by atoms with E-state index in [-0.39, 0.29) is 5.91 Å². The van der Waals surface area contributed by atoms with Gasteiger partial charge in [0, 0.05) is 25.0 Å². The molecule has 0 saturated carbocycles. The predicted molar refractivity (Wildman–Crippen MR) is 94.2 cm³/mol. The number of amides is 1. The van der Waals surface area contributed by atoms with Crippen molar-refractivity contribution in [1.29, 1.82) is 0 Å². The van der Waals surface area contributed by atoms with E-state index in [9.17, 15) is 4.79 Å². The molecule has 0 aliphatic carbocycles. The second-order valence-electron chi connectivity index (χ2n) is 5.70. The molecule has 0 unspecified atom stereocenters. The highest BCUT2D eigenvalue weighted by atomic mass is 16.1. The molecule has 1 aromatic carbocycles. The highest BCUT2D eigenvalue weighted by molar-refractivity contribution is 5.94. The Labute approximate surface area is 137 Å². The Bertz CT molecular complexity index is 638. The van der Waals surface area contributed by atoms with Crippen molar-refractivity contribution < 1.29 is 4.79 Å². The minimum Gasteiger partial charge on any atom is -0.354 e. The summed E-state index contributed by atoms with van der Waals surface area (Å²) in [5.41, 5.74) is 3.63. The molecule has 0 fully saturated rings. The molecule has 0 radical (unpaired) electrons. The smallest absolute Gasteiger partial charge is 0.252 e. The van der Waals surface area contributed by atoms with Crippen LogP contribution in [0.2, 0.25) is 0 Å². The molecule has 122 valence electrons. The average Bonchev–Trinajstić information content (AvgIpc) is 2.55. The van der Waals surface area contributed by atoms with Gasteiger partial charge in [0.1, 0.15) is 0 Å². The van der Waals surface area contributed by atoms with E-state index in [0.29, 0.717) is 12.1 Å². The maximum absolute atomic E-state index is 12.1. The second-order valence-corrected chi connectivity index (χ2v) is 5.70. The Balaban J connectivity index is 1.99. The van der Waals surface area contributed by atoms with Gasteiger partial charge >= 0.3 is 0 Å². The number of nitrogens with zero attached hydrogens (tertiary/aromatic N) is 2. The third-order valence-corrected chi connectivity index (χ3v) is 3.50. The van der Waals surface area contributed by atoms with Crippen molar-refractivity contribution in [1.82, 2.24) is 15.2 Å². The molecule has 0 bridgehead atoms. The maximum atomic E-state index is 12.1. The summed E-state index contributed by atoms with van der Waals surface area (Å²) >= 11 is 0. The Hall–Kier alpha value is -2.40. The number of anilines is 2. The number of aryl methyl sites for hydroxylation is 1. The second kappa shape index (κ2) is 8.29. The van der Waals surface area contributed by atoms with Crippen molar-refractivity contribution in [3.63, 3.8) is 0 Å². The van der Waals surface area contributed by atoms with Crippen LogP contribution >= 0.6 is 0 Å². The van der Waals surface area contributed by atoms with Gasteiger partial charge in [-0.05, 0) is 44.3 Å². The molecule has 0 atom stereocenters. The van der Waals surface area contributed by atoms with Crippen LogP contribution in [0.15, 0.2) is 42.7 Å². The molecule has 23 heavy (non-hydrogen) atoms. The normalized spacial score (nSPS) is 10.6. The van der Waals surface area contributed by atoms with Crippen LogP contribution in [0.4, 0.5) is 11.4 Å². The van der Waals surface area contributed by atoms with Crippen LogP contribution in [0.3, 0.4) is 0 Å². The van der Waals surface area contributed by atoms with E-state index >= 15 is 0 Å². The number of nitrogens with one attached hydrogen (secondary N) is 2. The number of aromatic nitrogens is 1. The number of carbonyl (C=O) groups excluding carboxylic acids is 1. The van der Waals surface area contributed by atoms with Crippen molar-refractivity contribution in [3.8, 4) is 0 Å². The van der Waals surface area contributed by atoms with E-state index in [2.05, 4.69) is 34.7 Å². The van der Waals surface area contributed by atoms with Crippen molar-refractivity contribution >= 4 is 17.3 Å². The lowest BCUT2D eigenvalue weighted by molar-refractivity contribution is 0.0950. The van der Waals surface area contributed by atoms with Crippen LogP contribution < -0.4 is 10.6 Å². The summed E-state index contributed by atoms with van der Waals surface area (Å²) < 4.78 is 0. The molecule has 0 aliphatic heterocycles. The summed E-state index contributed by atoms with van der Waals surface area (Å²) in [4.78, 5) is 18.3. The number of rotatable bonds is 7. The monoisotopic (exact) mass is 312 g/mol. The van der Waals surface area contributed by atoms with E-state index in [1.807, 2.05) is 37.2 Å². The Kier molecular flexibility index (Phi) is 6.11. The zero-order valence-corrected chi connectivity index (χ0v) is 14.0. The average molecular weight is 312 g/mol. The highest BCUT2D eigenvalue weighted by Crippen LogP contribution is 2.17. The number of carbonyl (C=O) groups is 1. The fourth-order valence-electron chi connectivity index (χ4n) is 2.12. The minimum atomic E-state index is -0.107. The minimum absolute atomic E-state index is 0.107. The van der Waals surface area contributed by atoms with E-state index in [1.54, 1.807) is 12.4 Å². The molecule has 0 spiro atoms. The fraction of sp³-hybridized carbons (Fsp3) is 0.333. The summed E-state index contributed by atoms with van der Waals surface area (Å²) in [5.74, 6) is -0.107. The van der Waals surface area contributed by atoms with Crippen molar-refractivity contribution in [2.75, 3.05) is 32.5 Å². The van der Waals surface area contributed by atoms with Crippen molar-refractivity contribution in [2.45, 2.75) is 13.3 Å². The van der Waals surface area contributed by atoms with E-state index in [4.69, 9.17) is 0 Å². The maximum Gasteiger partial charge on any atom is 0.252 e. The van der Waals surface area contributed by atoms with Gasteiger partial charge in [0.05, 0.1) is 17.4 Å². The van der Waals surface area contributed by atoms with E-state index < -0.39 is 0 Å². The third-order valence-electron chi connectivity index (χ3n) is 3.50. The first kappa shape index (κ1) is 17.0.